The summed E-state index contributed by atoms with van der Waals surface area (Å²) in [6, 6.07) is 28.1. The summed E-state index contributed by atoms with van der Waals surface area (Å²) in [5, 5.41) is 9.45. The second-order valence-electron chi connectivity index (χ2n) is 6.46. The van der Waals surface area contributed by atoms with Crippen LogP contribution in [0.15, 0.2) is 91.3 Å². The molecule has 0 atom stereocenters. The molecule has 2 heterocycles. The van der Waals surface area contributed by atoms with E-state index in [0.717, 1.165) is 39.7 Å². The lowest BCUT2D eigenvalue weighted by Crippen LogP contribution is -2.15. The molecule has 4 aromatic rings. The highest BCUT2D eigenvalue weighted by Gasteiger charge is 2.25. The third-order valence-corrected chi connectivity index (χ3v) is 4.79. The van der Waals surface area contributed by atoms with Gasteiger partial charge in [0.1, 0.15) is 0 Å². The van der Waals surface area contributed by atoms with Crippen molar-refractivity contribution in [2.75, 3.05) is 4.90 Å². The fourth-order valence-corrected chi connectivity index (χ4v) is 3.52. The number of anilines is 3. The molecule has 4 nitrogen and oxygen atoms in total. The topological polar surface area (TPSA) is 49.2 Å². The summed E-state index contributed by atoms with van der Waals surface area (Å²) in [6.45, 7) is 0. The molecule has 0 radical (unpaired) electrons. The molecule has 3 aromatic carbocycles. The van der Waals surface area contributed by atoms with Gasteiger partial charge in [0, 0.05) is 23.6 Å². The zero-order chi connectivity index (χ0) is 18.9. The molecule has 0 spiro atoms. The predicted molar refractivity (Wildman–Crippen MR) is 109 cm³/mol. The first-order valence-electron chi connectivity index (χ1n) is 8.96. The molecule has 132 valence electrons. The van der Waals surface area contributed by atoms with Crippen LogP contribution in [-0.2, 0) is 0 Å². The number of aromatic nitrogens is 1. The lowest BCUT2D eigenvalue weighted by molar-refractivity contribution is 0.477. The summed E-state index contributed by atoms with van der Waals surface area (Å²) >= 11 is 0. The van der Waals surface area contributed by atoms with Crippen LogP contribution in [0.5, 0.6) is 11.5 Å². The predicted octanol–water partition coefficient (Wildman–Crippen LogP) is 6.20. The first kappa shape index (κ1) is 16.1. The average Bonchev–Trinajstić information content (AvgIpc) is 2.77. The molecule has 1 aliphatic heterocycles. The number of para-hydroxylation sites is 4. The summed E-state index contributed by atoms with van der Waals surface area (Å²) in [4.78, 5) is 6.38. The Labute approximate surface area is 162 Å². The van der Waals surface area contributed by atoms with Crippen molar-refractivity contribution in [3.8, 4) is 28.7 Å². The maximum atomic E-state index is 9.45. The van der Waals surface area contributed by atoms with E-state index in [0.29, 0.717) is 5.56 Å². The first-order valence-corrected chi connectivity index (χ1v) is 8.96. The summed E-state index contributed by atoms with van der Waals surface area (Å²) in [6.07, 6.45) is 3.37. The Kier molecular flexibility index (Phi) is 3.78. The Bertz CT molecular complexity index is 1180. The maximum Gasteiger partial charge on any atom is 0.151 e. The van der Waals surface area contributed by atoms with E-state index in [-0.39, 0.29) is 0 Å². The second kappa shape index (κ2) is 6.57. The van der Waals surface area contributed by atoms with Gasteiger partial charge in [0.25, 0.3) is 0 Å². The van der Waals surface area contributed by atoms with Crippen LogP contribution < -0.4 is 9.64 Å². The average molecular weight is 361 g/mol. The number of hydrogen-bond donors (Lipinski definition) is 0. The van der Waals surface area contributed by atoms with Crippen LogP contribution in [0.1, 0.15) is 5.56 Å². The van der Waals surface area contributed by atoms with E-state index in [1.54, 1.807) is 18.5 Å². The molecule has 0 saturated heterocycles. The van der Waals surface area contributed by atoms with Crippen LogP contribution in [0.4, 0.5) is 17.1 Å². The number of nitriles is 1. The van der Waals surface area contributed by atoms with Crippen molar-refractivity contribution in [1.29, 1.82) is 5.26 Å². The van der Waals surface area contributed by atoms with Gasteiger partial charge in [-0.1, -0.05) is 36.4 Å². The van der Waals surface area contributed by atoms with Crippen molar-refractivity contribution < 1.29 is 4.74 Å². The van der Waals surface area contributed by atoms with E-state index < -0.39 is 0 Å². The van der Waals surface area contributed by atoms with E-state index in [1.165, 1.54) is 0 Å². The monoisotopic (exact) mass is 361 g/mol. The van der Waals surface area contributed by atoms with Crippen LogP contribution >= 0.6 is 0 Å². The zero-order valence-electron chi connectivity index (χ0n) is 14.9. The van der Waals surface area contributed by atoms with Crippen molar-refractivity contribution in [3.05, 3.63) is 96.8 Å². The Balaban J connectivity index is 1.70. The highest BCUT2D eigenvalue weighted by molar-refractivity contribution is 5.87. The Morgan fingerprint density at radius 2 is 1.54 bits per heavy atom. The van der Waals surface area contributed by atoms with Crippen LogP contribution in [0.2, 0.25) is 0 Å². The number of benzene rings is 3. The van der Waals surface area contributed by atoms with Gasteiger partial charge in [0.15, 0.2) is 11.5 Å². The molecule has 0 fully saturated rings. The molecule has 0 amide bonds. The third kappa shape index (κ3) is 2.58. The normalized spacial score (nSPS) is 11.8. The minimum Gasteiger partial charge on any atom is -0.453 e. The number of nitrogens with zero attached hydrogens (tertiary/aromatic N) is 3. The highest BCUT2D eigenvalue weighted by Crippen LogP contribution is 2.50. The number of pyridine rings is 1. The number of fused-ring (bicyclic) bond motifs is 2. The Morgan fingerprint density at radius 1 is 0.821 bits per heavy atom. The lowest BCUT2D eigenvalue weighted by Gasteiger charge is -2.33. The van der Waals surface area contributed by atoms with Gasteiger partial charge >= 0.3 is 0 Å². The van der Waals surface area contributed by atoms with Gasteiger partial charge in [-0.25, -0.2) is 0 Å². The van der Waals surface area contributed by atoms with Gasteiger partial charge < -0.3 is 9.64 Å². The largest absolute Gasteiger partial charge is 0.453 e. The van der Waals surface area contributed by atoms with Crippen molar-refractivity contribution in [2.45, 2.75) is 0 Å². The van der Waals surface area contributed by atoms with Crippen LogP contribution in [0.3, 0.4) is 0 Å². The van der Waals surface area contributed by atoms with Gasteiger partial charge in [-0.2, -0.15) is 5.26 Å². The molecule has 0 N–H and O–H groups in total. The van der Waals surface area contributed by atoms with Gasteiger partial charge in [-0.15, -0.1) is 0 Å². The Morgan fingerprint density at radius 3 is 2.25 bits per heavy atom. The van der Waals surface area contributed by atoms with Crippen molar-refractivity contribution in [2.24, 2.45) is 0 Å². The van der Waals surface area contributed by atoms with Crippen LogP contribution in [0, 0.1) is 11.3 Å². The zero-order valence-corrected chi connectivity index (χ0v) is 14.9. The Hall–Kier alpha value is -4.10. The van der Waals surface area contributed by atoms with E-state index in [2.05, 4.69) is 28.1 Å². The van der Waals surface area contributed by atoms with Gasteiger partial charge in [0.05, 0.1) is 23.0 Å². The first-order chi connectivity index (χ1) is 13.8. The molecule has 0 bridgehead atoms. The fourth-order valence-electron chi connectivity index (χ4n) is 3.52. The van der Waals surface area contributed by atoms with Gasteiger partial charge in [-0.3, -0.25) is 4.98 Å². The fraction of sp³-hybridized carbons (Fsp3) is 0. The minimum absolute atomic E-state index is 0.606. The summed E-state index contributed by atoms with van der Waals surface area (Å²) in [7, 11) is 0. The van der Waals surface area contributed by atoms with Gasteiger partial charge in [-0.05, 0) is 48.0 Å². The quantitative estimate of drug-likeness (QED) is 0.376. The van der Waals surface area contributed by atoms with E-state index in [9.17, 15) is 5.26 Å². The van der Waals surface area contributed by atoms with Crippen LogP contribution in [-0.4, -0.2) is 4.98 Å². The standard InChI is InChI=1S/C24H15N3O/c25-15-18-12-13-26-16-20(18)17-6-5-7-19(14-17)27-21-8-1-3-10-23(21)28-24-11-4-2-9-22(24)27/h1-14,16H. The molecule has 28 heavy (non-hydrogen) atoms. The summed E-state index contributed by atoms with van der Waals surface area (Å²) < 4.78 is 6.09. The smallest absolute Gasteiger partial charge is 0.151 e. The highest BCUT2D eigenvalue weighted by atomic mass is 16.5. The molecular weight excluding hydrogens is 346 g/mol. The second-order valence-corrected chi connectivity index (χ2v) is 6.46. The lowest BCUT2D eigenvalue weighted by atomic mass is 10.0. The maximum absolute atomic E-state index is 9.45. The molecule has 0 saturated carbocycles. The van der Waals surface area contributed by atoms with Crippen molar-refractivity contribution in [3.63, 3.8) is 0 Å². The van der Waals surface area contributed by atoms with E-state index in [1.807, 2.05) is 60.7 Å². The van der Waals surface area contributed by atoms with Crippen LogP contribution in [0.25, 0.3) is 11.1 Å². The SMILES string of the molecule is N#Cc1ccncc1-c1cccc(N2c3ccccc3Oc3ccccc32)c1. The molecule has 0 aliphatic carbocycles. The minimum atomic E-state index is 0.606. The van der Waals surface area contributed by atoms with Crippen molar-refractivity contribution >= 4 is 17.1 Å². The molecule has 5 rings (SSSR count). The molecule has 0 unspecified atom stereocenters. The van der Waals surface area contributed by atoms with E-state index in [4.69, 9.17) is 4.74 Å². The molecule has 1 aromatic heterocycles. The van der Waals surface area contributed by atoms with E-state index >= 15 is 0 Å². The molecular formula is C24H15N3O. The van der Waals surface area contributed by atoms with Gasteiger partial charge in [0.2, 0.25) is 0 Å². The molecule has 1 aliphatic rings. The number of rotatable bonds is 2. The number of hydrogen-bond acceptors (Lipinski definition) is 4. The number of ether oxygens (including phenoxy) is 1. The third-order valence-electron chi connectivity index (χ3n) is 4.79. The summed E-state index contributed by atoms with van der Waals surface area (Å²) in [5.41, 5.74) is 5.32. The van der Waals surface area contributed by atoms with Crippen molar-refractivity contribution in [1.82, 2.24) is 4.98 Å². The molecule has 4 heteroatoms. The summed E-state index contributed by atoms with van der Waals surface area (Å²) in [5.74, 6) is 1.62.